The molecule has 1 aromatic carbocycles. The third kappa shape index (κ3) is 3.83. The molecule has 0 unspecified atom stereocenters. The Kier molecular flexibility index (Phi) is 5.18. The molecular weight excluding hydrogens is 354 g/mol. The number of methoxy groups -OCH3 is 1. The van der Waals surface area contributed by atoms with Crippen LogP contribution >= 0.6 is 12.2 Å². The number of H-pyrrole nitrogens is 1. The number of aromatic amines is 1. The van der Waals surface area contributed by atoms with Crippen molar-refractivity contribution in [2.45, 2.75) is 6.92 Å². The second-order valence-corrected chi connectivity index (χ2v) is 5.51. The van der Waals surface area contributed by atoms with Crippen molar-refractivity contribution in [1.82, 2.24) is 19.9 Å². The highest BCUT2D eigenvalue weighted by Gasteiger charge is 2.10. The van der Waals surface area contributed by atoms with Gasteiger partial charge < -0.3 is 9.47 Å². The molecule has 132 valence electrons. The lowest BCUT2D eigenvalue weighted by atomic mass is 10.2. The number of hydrogen-bond donors (Lipinski definition) is 1. The van der Waals surface area contributed by atoms with E-state index in [1.807, 2.05) is 18.2 Å². The van der Waals surface area contributed by atoms with Crippen molar-refractivity contribution in [3.63, 3.8) is 0 Å². The molecule has 0 saturated carbocycles. The van der Waals surface area contributed by atoms with Crippen LogP contribution in [0.2, 0.25) is 0 Å². The van der Waals surface area contributed by atoms with Gasteiger partial charge >= 0.3 is 5.97 Å². The van der Waals surface area contributed by atoms with Crippen molar-refractivity contribution in [2.24, 2.45) is 5.10 Å². The molecule has 0 aliphatic carbocycles. The zero-order valence-electron chi connectivity index (χ0n) is 14.0. The fourth-order valence-corrected chi connectivity index (χ4v) is 2.37. The Morgan fingerprint density at radius 1 is 1.31 bits per heavy atom. The molecule has 8 nitrogen and oxygen atoms in total. The average Bonchev–Trinajstić information content (AvgIpc) is 3.01. The van der Waals surface area contributed by atoms with Crippen LogP contribution in [-0.2, 0) is 4.79 Å². The number of esters is 1. The van der Waals surface area contributed by atoms with E-state index in [-0.39, 0.29) is 0 Å². The minimum absolute atomic E-state index is 0.338. The first kappa shape index (κ1) is 17.5. The summed E-state index contributed by atoms with van der Waals surface area (Å²) < 4.78 is 12.1. The highest BCUT2D eigenvalue weighted by molar-refractivity contribution is 7.71. The van der Waals surface area contributed by atoms with Gasteiger partial charge in [-0.3, -0.25) is 9.78 Å². The van der Waals surface area contributed by atoms with E-state index in [1.165, 1.54) is 18.7 Å². The van der Waals surface area contributed by atoms with Crippen molar-refractivity contribution >= 4 is 24.4 Å². The smallest absolute Gasteiger partial charge is 0.308 e. The quantitative estimate of drug-likeness (QED) is 0.322. The largest absolute Gasteiger partial charge is 0.493 e. The summed E-state index contributed by atoms with van der Waals surface area (Å²) in [5.41, 5.74) is 1.37. The van der Waals surface area contributed by atoms with E-state index in [0.717, 1.165) is 5.56 Å². The van der Waals surface area contributed by atoms with Gasteiger partial charge in [0, 0.05) is 13.1 Å². The van der Waals surface area contributed by atoms with Gasteiger partial charge in [0.2, 0.25) is 10.6 Å². The molecule has 0 saturated heterocycles. The minimum atomic E-state index is -0.422. The summed E-state index contributed by atoms with van der Waals surface area (Å²) in [5, 5.41) is 11.2. The van der Waals surface area contributed by atoms with E-state index in [4.69, 9.17) is 21.7 Å². The standard InChI is InChI=1S/C17H15N5O3S/c1-11(23)25-14-7-6-12(9-15(14)24-2)10-19-22-16(20-21-17(22)26)13-5-3-4-8-18-13/h3-10H,1-2H3,(H,21,26)/b19-10+. The Morgan fingerprint density at radius 2 is 2.15 bits per heavy atom. The lowest BCUT2D eigenvalue weighted by molar-refractivity contribution is -0.132. The highest BCUT2D eigenvalue weighted by atomic mass is 32.1. The van der Waals surface area contributed by atoms with Gasteiger partial charge in [-0.15, -0.1) is 0 Å². The minimum Gasteiger partial charge on any atom is -0.493 e. The molecule has 0 aliphatic rings. The number of hydrogen-bond acceptors (Lipinski definition) is 7. The van der Waals surface area contributed by atoms with Crippen LogP contribution in [0.4, 0.5) is 0 Å². The highest BCUT2D eigenvalue weighted by Crippen LogP contribution is 2.27. The number of benzene rings is 1. The monoisotopic (exact) mass is 369 g/mol. The molecule has 2 heterocycles. The predicted molar refractivity (Wildman–Crippen MR) is 97.9 cm³/mol. The number of rotatable bonds is 5. The van der Waals surface area contributed by atoms with E-state index in [2.05, 4.69) is 20.3 Å². The molecule has 26 heavy (non-hydrogen) atoms. The van der Waals surface area contributed by atoms with Gasteiger partial charge in [-0.1, -0.05) is 6.07 Å². The third-order valence-electron chi connectivity index (χ3n) is 3.31. The topological polar surface area (TPSA) is 94.4 Å². The van der Waals surface area contributed by atoms with Crippen molar-refractivity contribution in [3.8, 4) is 23.0 Å². The van der Waals surface area contributed by atoms with Crippen LogP contribution in [0.25, 0.3) is 11.5 Å². The van der Waals surface area contributed by atoms with Crippen molar-refractivity contribution in [3.05, 3.63) is 52.9 Å². The number of nitrogens with one attached hydrogen (secondary N) is 1. The summed E-state index contributed by atoms with van der Waals surface area (Å²) in [6.07, 6.45) is 3.26. The van der Waals surface area contributed by atoms with Gasteiger partial charge in [-0.2, -0.15) is 14.9 Å². The zero-order valence-corrected chi connectivity index (χ0v) is 14.9. The maximum atomic E-state index is 11.1. The number of carbonyl (C=O) groups is 1. The molecule has 0 amide bonds. The van der Waals surface area contributed by atoms with Crippen LogP contribution in [0.5, 0.6) is 11.5 Å². The van der Waals surface area contributed by atoms with E-state index in [9.17, 15) is 4.79 Å². The second kappa shape index (κ2) is 7.70. The first-order valence-electron chi connectivity index (χ1n) is 7.58. The Hall–Kier alpha value is -3.33. The lowest BCUT2D eigenvalue weighted by Gasteiger charge is -2.08. The summed E-state index contributed by atoms with van der Waals surface area (Å²) in [7, 11) is 1.49. The summed E-state index contributed by atoms with van der Waals surface area (Å²) in [6.45, 7) is 1.33. The molecule has 3 rings (SSSR count). The van der Waals surface area contributed by atoms with Crippen LogP contribution in [0.1, 0.15) is 12.5 Å². The summed E-state index contributed by atoms with van der Waals surface area (Å²) in [4.78, 5) is 15.4. The normalized spacial score (nSPS) is 10.8. The van der Waals surface area contributed by atoms with E-state index in [0.29, 0.717) is 27.8 Å². The fourth-order valence-electron chi connectivity index (χ4n) is 2.19. The molecule has 9 heteroatoms. The van der Waals surface area contributed by atoms with Gasteiger partial charge in [0.05, 0.1) is 13.3 Å². The summed E-state index contributed by atoms with van der Waals surface area (Å²) >= 11 is 5.23. The fraction of sp³-hybridized carbons (Fsp3) is 0.118. The van der Waals surface area contributed by atoms with E-state index in [1.54, 1.807) is 30.6 Å². The SMILES string of the molecule is COc1cc(/C=N/n2c(-c3ccccn3)n[nH]c2=S)ccc1OC(C)=O. The Balaban J connectivity index is 1.93. The number of carbonyl (C=O) groups excluding carboxylic acids is 1. The van der Waals surface area contributed by atoms with Crippen LogP contribution in [0.15, 0.2) is 47.7 Å². The number of nitrogens with zero attached hydrogens (tertiary/aromatic N) is 4. The van der Waals surface area contributed by atoms with Gasteiger partial charge in [-0.05, 0) is 48.1 Å². The molecular formula is C17H15N5O3S. The molecule has 0 bridgehead atoms. The molecule has 0 aliphatic heterocycles. The molecule has 3 aromatic rings. The van der Waals surface area contributed by atoms with Crippen LogP contribution in [0.3, 0.4) is 0 Å². The Morgan fingerprint density at radius 3 is 2.85 bits per heavy atom. The zero-order chi connectivity index (χ0) is 18.5. The van der Waals surface area contributed by atoms with Crippen molar-refractivity contribution < 1.29 is 14.3 Å². The molecule has 0 radical (unpaired) electrons. The summed E-state index contributed by atoms with van der Waals surface area (Å²) in [6, 6.07) is 10.6. The molecule has 1 N–H and O–H groups in total. The molecule has 0 fully saturated rings. The Labute approximate surface area is 154 Å². The van der Waals surface area contributed by atoms with Gasteiger partial charge in [0.15, 0.2) is 11.5 Å². The lowest BCUT2D eigenvalue weighted by Crippen LogP contribution is -2.03. The molecule has 2 aromatic heterocycles. The predicted octanol–water partition coefficient (Wildman–Crippen LogP) is 2.82. The first-order chi connectivity index (χ1) is 12.6. The number of ether oxygens (including phenoxy) is 2. The summed E-state index contributed by atoms with van der Waals surface area (Å²) in [5.74, 6) is 0.834. The number of aromatic nitrogens is 4. The first-order valence-corrected chi connectivity index (χ1v) is 7.99. The number of pyridine rings is 1. The van der Waals surface area contributed by atoms with Gasteiger partial charge in [-0.25, -0.2) is 5.10 Å². The van der Waals surface area contributed by atoms with Gasteiger partial charge in [0.25, 0.3) is 0 Å². The van der Waals surface area contributed by atoms with E-state index >= 15 is 0 Å². The van der Waals surface area contributed by atoms with Crippen molar-refractivity contribution in [2.75, 3.05) is 7.11 Å². The maximum Gasteiger partial charge on any atom is 0.308 e. The van der Waals surface area contributed by atoms with Crippen LogP contribution in [-0.4, -0.2) is 39.2 Å². The van der Waals surface area contributed by atoms with Gasteiger partial charge in [0.1, 0.15) is 5.69 Å². The van der Waals surface area contributed by atoms with Crippen molar-refractivity contribution in [1.29, 1.82) is 0 Å². The molecule has 0 spiro atoms. The third-order valence-corrected chi connectivity index (χ3v) is 3.57. The Bertz CT molecular complexity index is 1010. The van der Waals surface area contributed by atoms with E-state index < -0.39 is 5.97 Å². The average molecular weight is 369 g/mol. The van der Waals surface area contributed by atoms with Crippen LogP contribution in [0, 0.1) is 4.77 Å². The molecule has 0 atom stereocenters. The van der Waals surface area contributed by atoms with Crippen LogP contribution < -0.4 is 9.47 Å². The second-order valence-electron chi connectivity index (χ2n) is 5.13. The maximum absolute atomic E-state index is 11.1.